The van der Waals surface area contributed by atoms with E-state index in [1.54, 1.807) is 0 Å². The molecule has 0 spiro atoms. The monoisotopic (exact) mass is 607 g/mol. The third-order valence-corrected chi connectivity index (χ3v) is 9.39. The number of rotatable bonds is 35. The summed E-state index contributed by atoms with van der Waals surface area (Å²) in [7, 11) is 0. The first-order valence-corrected chi connectivity index (χ1v) is 19.9. The maximum absolute atomic E-state index is 12.0. The third-order valence-electron chi connectivity index (χ3n) is 9.39. The van der Waals surface area contributed by atoms with Crippen molar-refractivity contribution < 1.29 is 14.3 Å². The Hall–Kier alpha value is -0.860. The van der Waals surface area contributed by atoms with Gasteiger partial charge >= 0.3 is 11.9 Å². The fourth-order valence-corrected chi connectivity index (χ4v) is 6.43. The third kappa shape index (κ3) is 33.9. The van der Waals surface area contributed by atoms with Gasteiger partial charge in [0.25, 0.3) is 0 Å². The van der Waals surface area contributed by atoms with E-state index in [0.29, 0.717) is 12.8 Å². The van der Waals surface area contributed by atoms with Crippen molar-refractivity contribution in [3.05, 3.63) is 0 Å². The molecule has 0 saturated heterocycles. The SMILES string of the molecule is CCCCCCCCCCCC(=O)OC(=O)CCCCCCCCCCC(CCCCCCCC)CCCCCCCC. The average molecular weight is 607 g/mol. The van der Waals surface area contributed by atoms with Gasteiger partial charge in [0.1, 0.15) is 0 Å². The normalized spacial score (nSPS) is 11.4. The Labute approximate surface area is 270 Å². The van der Waals surface area contributed by atoms with Gasteiger partial charge in [-0.1, -0.05) is 213 Å². The Morgan fingerprint density at radius 1 is 0.349 bits per heavy atom. The minimum absolute atomic E-state index is 0.322. The van der Waals surface area contributed by atoms with Crippen molar-refractivity contribution in [2.75, 3.05) is 0 Å². The molecule has 0 atom stereocenters. The van der Waals surface area contributed by atoms with Crippen molar-refractivity contribution in [1.82, 2.24) is 0 Å². The van der Waals surface area contributed by atoms with Crippen LogP contribution in [0, 0.1) is 5.92 Å². The predicted molar refractivity (Wildman–Crippen MR) is 189 cm³/mol. The second kappa shape index (κ2) is 35.6. The van der Waals surface area contributed by atoms with Crippen molar-refractivity contribution >= 4 is 11.9 Å². The molecule has 0 rings (SSSR count). The molecule has 0 heterocycles. The summed E-state index contributed by atoms with van der Waals surface area (Å²) in [6, 6.07) is 0. The molecule has 0 unspecified atom stereocenters. The van der Waals surface area contributed by atoms with Crippen LogP contribution in [0.1, 0.15) is 239 Å². The highest BCUT2D eigenvalue weighted by atomic mass is 16.6. The maximum Gasteiger partial charge on any atom is 0.313 e. The van der Waals surface area contributed by atoms with Gasteiger partial charge in [-0.25, -0.2) is 0 Å². The number of ether oxygens (including phenoxy) is 1. The van der Waals surface area contributed by atoms with Crippen LogP contribution in [-0.4, -0.2) is 11.9 Å². The highest BCUT2D eigenvalue weighted by molar-refractivity contribution is 5.85. The summed E-state index contributed by atoms with van der Waals surface area (Å²) in [6.45, 7) is 6.86. The topological polar surface area (TPSA) is 43.4 Å². The number of hydrogen-bond donors (Lipinski definition) is 0. The van der Waals surface area contributed by atoms with Crippen molar-refractivity contribution in [3.8, 4) is 0 Å². The molecule has 43 heavy (non-hydrogen) atoms. The van der Waals surface area contributed by atoms with E-state index in [1.807, 2.05) is 0 Å². The van der Waals surface area contributed by atoms with Crippen LogP contribution in [0.2, 0.25) is 0 Å². The summed E-state index contributed by atoms with van der Waals surface area (Å²) in [4.78, 5) is 23.9. The van der Waals surface area contributed by atoms with E-state index < -0.39 is 0 Å². The lowest BCUT2D eigenvalue weighted by molar-refractivity contribution is -0.159. The minimum Gasteiger partial charge on any atom is -0.393 e. The molecule has 0 N–H and O–H groups in total. The molecule has 0 aromatic heterocycles. The van der Waals surface area contributed by atoms with Gasteiger partial charge in [0.2, 0.25) is 0 Å². The van der Waals surface area contributed by atoms with Crippen molar-refractivity contribution in [1.29, 1.82) is 0 Å². The van der Waals surface area contributed by atoms with Gasteiger partial charge in [0.05, 0.1) is 0 Å². The van der Waals surface area contributed by atoms with Crippen LogP contribution in [0.15, 0.2) is 0 Å². The Bertz CT molecular complexity index is 556. The Morgan fingerprint density at radius 2 is 0.581 bits per heavy atom. The highest BCUT2D eigenvalue weighted by Gasteiger charge is 2.11. The van der Waals surface area contributed by atoms with Crippen molar-refractivity contribution in [2.24, 2.45) is 5.92 Å². The lowest BCUT2D eigenvalue weighted by Gasteiger charge is -2.17. The van der Waals surface area contributed by atoms with E-state index in [1.165, 1.54) is 180 Å². The first-order valence-electron chi connectivity index (χ1n) is 19.9. The zero-order valence-corrected chi connectivity index (χ0v) is 29.8. The van der Waals surface area contributed by atoms with E-state index in [-0.39, 0.29) is 11.9 Å². The van der Waals surface area contributed by atoms with E-state index in [0.717, 1.165) is 31.6 Å². The zero-order valence-electron chi connectivity index (χ0n) is 29.8. The summed E-state index contributed by atoms with van der Waals surface area (Å²) in [5.41, 5.74) is 0. The molecule has 0 bridgehead atoms. The Balaban J connectivity index is 3.72. The quantitative estimate of drug-likeness (QED) is 0.0409. The molecule has 3 nitrogen and oxygen atoms in total. The second-order valence-electron chi connectivity index (χ2n) is 13.8. The van der Waals surface area contributed by atoms with Gasteiger partial charge < -0.3 is 4.74 Å². The molecule has 0 amide bonds. The zero-order chi connectivity index (χ0) is 31.5. The Morgan fingerprint density at radius 3 is 0.860 bits per heavy atom. The number of unbranched alkanes of at least 4 members (excludes halogenated alkanes) is 25. The molecule has 0 aliphatic heterocycles. The number of carbonyl (C=O) groups excluding carboxylic acids is 2. The molecule has 0 fully saturated rings. The number of esters is 2. The first kappa shape index (κ1) is 42.1. The van der Waals surface area contributed by atoms with Gasteiger partial charge in [0, 0.05) is 12.8 Å². The average Bonchev–Trinajstić information content (AvgIpc) is 3.00. The summed E-state index contributed by atoms with van der Waals surface area (Å²) in [6.07, 6.45) is 43.1. The van der Waals surface area contributed by atoms with Crippen LogP contribution < -0.4 is 0 Å². The van der Waals surface area contributed by atoms with Crippen LogP contribution in [0.4, 0.5) is 0 Å². The minimum atomic E-state index is -0.325. The van der Waals surface area contributed by atoms with E-state index in [2.05, 4.69) is 20.8 Å². The van der Waals surface area contributed by atoms with E-state index in [9.17, 15) is 9.59 Å². The fourth-order valence-electron chi connectivity index (χ4n) is 6.43. The lowest BCUT2D eigenvalue weighted by atomic mass is 9.89. The first-order chi connectivity index (χ1) is 21.1. The molecule has 0 aliphatic carbocycles. The maximum atomic E-state index is 12.0. The standard InChI is InChI=1S/C40H78O3/c1-4-7-10-13-16-17-21-26-31-36-39(41)43-40(42)37-32-27-22-19-18-20-25-30-35-38(33-28-23-14-11-8-5-2)34-29-24-15-12-9-6-3/h38H,4-37H2,1-3H3. The van der Waals surface area contributed by atoms with Crippen LogP contribution in [-0.2, 0) is 14.3 Å². The lowest BCUT2D eigenvalue weighted by Crippen LogP contribution is -2.11. The van der Waals surface area contributed by atoms with Crippen LogP contribution in [0.3, 0.4) is 0 Å². The summed E-state index contributed by atoms with van der Waals surface area (Å²) < 4.78 is 5.03. The van der Waals surface area contributed by atoms with Crippen molar-refractivity contribution in [3.63, 3.8) is 0 Å². The van der Waals surface area contributed by atoms with Gasteiger partial charge in [-0.3, -0.25) is 9.59 Å². The van der Waals surface area contributed by atoms with Gasteiger partial charge in [-0.15, -0.1) is 0 Å². The van der Waals surface area contributed by atoms with Gasteiger partial charge in [-0.2, -0.15) is 0 Å². The largest absolute Gasteiger partial charge is 0.393 e. The number of hydrogen-bond acceptors (Lipinski definition) is 3. The van der Waals surface area contributed by atoms with Gasteiger partial charge in [0.15, 0.2) is 0 Å². The molecule has 0 aromatic rings. The summed E-state index contributed by atoms with van der Waals surface area (Å²) in [5.74, 6) is 0.320. The van der Waals surface area contributed by atoms with E-state index >= 15 is 0 Å². The summed E-state index contributed by atoms with van der Waals surface area (Å²) >= 11 is 0. The summed E-state index contributed by atoms with van der Waals surface area (Å²) in [5, 5.41) is 0. The van der Waals surface area contributed by atoms with Crippen LogP contribution >= 0.6 is 0 Å². The fraction of sp³-hybridized carbons (Fsp3) is 0.950. The predicted octanol–water partition coefficient (Wildman–Crippen LogP) is 14.0. The molecule has 0 aromatic carbocycles. The molecule has 0 aliphatic rings. The second-order valence-corrected chi connectivity index (χ2v) is 13.8. The smallest absolute Gasteiger partial charge is 0.313 e. The van der Waals surface area contributed by atoms with Gasteiger partial charge in [-0.05, 0) is 18.8 Å². The highest BCUT2D eigenvalue weighted by Crippen LogP contribution is 2.25. The molecule has 256 valence electrons. The van der Waals surface area contributed by atoms with Crippen molar-refractivity contribution in [2.45, 2.75) is 239 Å². The Kier molecular flexibility index (Phi) is 34.9. The van der Waals surface area contributed by atoms with E-state index in [4.69, 9.17) is 4.74 Å². The van der Waals surface area contributed by atoms with Crippen LogP contribution in [0.5, 0.6) is 0 Å². The molecule has 0 radical (unpaired) electrons. The molecular formula is C40H78O3. The molecule has 3 heteroatoms. The molecule has 0 saturated carbocycles. The molecular weight excluding hydrogens is 528 g/mol. The number of carbonyl (C=O) groups is 2. The van der Waals surface area contributed by atoms with Crippen LogP contribution in [0.25, 0.3) is 0 Å².